The Kier molecular flexibility index (Phi) is 3.27. The quantitative estimate of drug-likeness (QED) is 0.603. The van der Waals surface area contributed by atoms with Crippen LogP contribution in [0.15, 0.2) is 24.3 Å². The van der Waals surface area contributed by atoms with Crippen molar-refractivity contribution in [2.24, 2.45) is 0 Å². The summed E-state index contributed by atoms with van der Waals surface area (Å²) in [6.45, 7) is 2.09. The smallest absolute Gasteiger partial charge is 0.0646 e. The van der Waals surface area contributed by atoms with Crippen molar-refractivity contribution in [2.45, 2.75) is 10.8 Å². The molecule has 12 heavy (non-hydrogen) atoms. The summed E-state index contributed by atoms with van der Waals surface area (Å²) in [5.41, 5.74) is 1.30. The Morgan fingerprint density at radius 2 is 1.58 bits per heavy atom. The van der Waals surface area contributed by atoms with Gasteiger partial charge in [-0.1, -0.05) is 38.9 Å². The number of aryl methyl sites for hydroxylation is 1. The first-order valence-electron chi connectivity index (χ1n) is 3.57. The van der Waals surface area contributed by atoms with Gasteiger partial charge in [0, 0.05) is 30.7 Å². The fourth-order valence-electron chi connectivity index (χ4n) is 0.853. The first-order valence-corrected chi connectivity index (χ1v) is 6.07. The van der Waals surface area contributed by atoms with E-state index in [0.717, 1.165) is 0 Å². The van der Waals surface area contributed by atoms with Crippen LogP contribution in [-0.4, -0.2) is 40.2 Å². The van der Waals surface area contributed by atoms with Crippen molar-refractivity contribution in [3.63, 3.8) is 0 Å². The monoisotopic (exact) mass is 215 g/mol. The van der Waals surface area contributed by atoms with E-state index in [-0.39, 0.29) is 3.91 Å². The molecule has 0 saturated heterocycles. The van der Waals surface area contributed by atoms with Crippen molar-refractivity contribution in [3.8, 4) is 0 Å². The molecule has 0 bridgehead atoms. The first-order chi connectivity index (χ1) is 5.47. The maximum atomic E-state index is 3.52. The van der Waals surface area contributed by atoms with E-state index in [1.54, 1.807) is 0 Å². The van der Waals surface area contributed by atoms with Gasteiger partial charge in [-0.2, -0.15) is 0 Å². The molecule has 0 aliphatic rings. The van der Waals surface area contributed by atoms with Crippen molar-refractivity contribution in [2.75, 3.05) is 0 Å². The second-order valence-corrected chi connectivity index (χ2v) is 9.57. The molecule has 11 radical (unpaired) electrons. The molecule has 0 atom stereocenters. The Bertz CT molecular complexity index is 247. The summed E-state index contributed by atoms with van der Waals surface area (Å²) >= 11 is 0. The SMILES string of the molecule is Cc1ccc([Si]C([Si])([Si])[Si])cc1. The van der Waals surface area contributed by atoms with E-state index in [0.29, 0.717) is 9.52 Å². The van der Waals surface area contributed by atoms with Crippen LogP contribution in [0.4, 0.5) is 0 Å². The molecule has 0 aliphatic heterocycles. The molecule has 0 spiro atoms. The van der Waals surface area contributed by atoms with Crippen LogP contribution in [0.25, 0.3) is 0 Å². The molecule has 0 amide bonds. The zero-order chi connectivity index (χ0) is 9.19. The fraction of sp³-hybridized carbons (Fsp3) is 0.250. The molecular formula is C8H7Si4. The molecule has 1 aromatic rings. The summed E-state index contributed by atoms with van der Waals surface area (Å²) in [6.07, 6.45) is 0. The largest absolute Gasteiger partial charge is 0.0767 e. The second kappa shape index (κ2) is 3.86. The van der Waals surface area contributed by atoms with Crippen LogP contribution in [0.2, 0.25) is 3.91 Å². The molecule has 0 aliphatic carbocycles. The lowest BCUT2D eigenvalue weighted by atomic mass is 10.2. The average molecular weight is 215 g/mol. The summed E-state index contributed by atoms with van der Waals surface area (Å²) in [4.78, 5) is 0. The van der Waals surface area contributed by atoms with Crippen LogP contribution in [0.5, 0.6) is 0 Å². The molecule has 1 rings (SSSR count). The molecule has 0 aromatic heterocycles. The van der Waals surface area contributed by atoms with E-state index in [4.69, 9.17) is 0 Å². The van der Waals surface area contributed by atoms with Gasteiger partial charge in [0.2, 0.25) is 0 Å². The Morgan fingerprint density at radius 1 is 1.08 bits per heavy atom. The maximum Gasteiger partial charge on any atom is 0.0767 e. The van der Waals surface area contributed by atoms with Crippen molar-refractivity contribution < 1.29 is 0 Å². The molecule has 4 heteroatoms. The number of hydrogen-bond donors (Lipinski definition) is 0. The van der Waals surface area contributed by atoms with Gasteiger partial charge in [0.1, 0.15) is 0 Å². The number of hydrogen-bond acceptors (Lipinski definition) is 0. The molecule has 0 saturated carbocycles. The zero-order valence-electron chi connectivity index (χ0n) is 6.81. The second-order valence-electron chi connectivity index (χ2n) is 2.74. The van der Waals surface area contributed by atoms with Crippen LogP contribution < -0.4 is 5.19 Å². The standard InChI is InChI=1S/C8H7Si4/c1-6-2-4-7(5-3-6)12-8(9,10)11/h2-5H,1H3. The highest BCUT2D eigenvalue weighted by Crippen LogP contribution is 2.04. The lowest BCUT2D eigenvalue weighted by molar-refractivity contribution is 1.49. The Labute approximate surface area is 86.2 Å². The van der Waals surface area contributed by atoms with Crippen LogP contribution in [0.3, 0.4) is 0 Å². The van der Waals surface area contributed by atoms with Gasteiger partial charge in [-0.15, -0.1) is 0 Å². The molecule has 55 valence electrons. The highest BCUT2D eigenvalue weighted by molar-refractivity contribution is 6.86. The summed E-state index contributed by atoms with van der Waals surface area (Å²) < 4.78 is -0.157. The Morgan fingerprint density at radius 3 is 2.00 bits per heavy atom. The van der Waals surface area contributed by atoms with E-state index in [9.17, 15) is 0 Å². The Hall–Kier alpha value is 0.0875. The molecular weight excluding hydrogens is 208 g/mol. The topological polar surface area (TPSA) is 0 Å². The van der Waals surface area contributed by atoms with Crippen LogP contribution in [-0.2, 0) is 0 Å². The zero-order valence-corrected chi connectivity index (χ0v) is 10.8. The highest BCUT2D eigenvalue weighted by Gasteiger charge is 2.12. The number of benzene rings is 1. The highest BCUT2D eigenvalue weighted by atomic mass is 28.4. The van der Waals surface area contributed by atoms with E-state index in [1.165, 1.54) is 10.8 Å². The van der Waals surface area contributed by atoms with Crippen LogP contribution in [0.1, 0.15) is 5.56 Å². The van der Waals surface area contributed by atoms with Gasteiger partial charge in [-0.25, -0.2) is 0 Å². The third-order valence-electron chi connectivity index (χ3n) is 1.38. The van der Waals surface area contributed by atoms with Gasteiger partial charge < -0.3 is 0 Å². The van der Waals surface area contributed by atoms with E-state index < -0.39 is 0 Å². The summed E-state index contributed by atoms with van der Waals surface area (Å²) in [6, 6.07) is 8.53. The molecule has 0 heterocycles. The van der Waals surface area contributed by atoms with E-state index >= 15 is 0 Å². The predicted octanol–water partition coefficient (Wildman–Crippen LogP) is -0.139. The van der Waals surface area contributed by atoms with Gasteiger partial charge in [-0.05, 0) is 6.92 Å². The number of rotatable bonds is 2. The van der Waals surface area contributed by atoms with Crippen molar-refractivity contribution in [1.29, 1.82) is 0 Å². The third kappa shape index (κ3) is 3.66. The molecule has 0 unspecified atom stereocenters. The first kappa shape index (κ1) is 10.2. The van der Waals surface area contributed by atoms with E-state index in [2.05, 4.69) is 61.9 Å². The van der Waals surface area contributed by atoms with Gasteiger partial charge in [0.25, 0.3) is 0 Å². The Balaban J connectivity index is 2.71. The normalized spacial score (nSPS) is 11.7. The van der Waals surface area contributed by atoms with E-state index in [1.807, 2.05) is 0 Å². The van der Waals surface area contributed by atoms with Crippen LogP contribution in [0, 0.1) is 6.92 Å². The van der Waals surface area contributed by atoms with Gasteiger partial charge in [-0.3, -0.25) is 0 Å². The van der Waals surface area contributed by atoms with Crippen molar-refractivity contribution >= 4 is 45.4 Å². The van der Waals surface area contributed by atoms with Crippen LogP contribution >= 0.6 is 0 Å². The molecule has 0 N–H and O–H groups in total. The minimum Gasteiger partial charge on any atom is -0.0646 e. The van der Waals surface area contributed by atoms with Crippen molar-refractivity contribution in [3.05, 3.63) is 29.8 Å². The summed E-state index contributed by atoms with van der Waals surface area (Å²) in [7, 11) is 11.2. The maximum absolute atomic E-state index is 3.52. The van der Waals surface area contributed by atoms with Gasteiger partial charge in [0.05, 0.1) is 9.52 Å². The fourth-order valence-corrected chi connectivity index (χ4v) is 2.92. The lowest BCUT2D eigenvalue weighted by Gasteiger charge is -2.15. The van der Waals surface area contributed by atoms with Crippen molar-refractivity contribution in [1.82, 2.24) is 0 Å². The van der Waals surface area contributed by atoms with Gasteiger partial charge >= 0.3 is 0 Å². The minimum absolute atomic E-state index is 0.157. The third-order valence-corrected chi connectivity index (χ3v) is 3.51. The summed E-state index contributed by atoms with van der Waals surface area (Å²) in [5.74, 6) is 0. The molecule has 0 nitrogen and oxygen atoms in total. The molecule has 1 aromatic carbocycles. The summed E-state index contributed by atoms with van der Waals surface area (Å²) in [5, 5.41) is 1.32. The van der Waals surface area contributed by atoms with Gasteiger partial charge in [0.15, 0.2) is 0 Å². The molecule has 0 fully saturated rings. The predicted molar refractivity (Wildman–Crippen MR) is 56.5 cm³/mol. The lowest BCUT2D eigenvalue weighted by Crippen LogP contribution is -2.31. The average Bonchev–Trinajstić information content (AvgIpc) is 1.91. The minimum atomic E-state index is -0.157.